The first-order valence-electron chi connectivity index (χ1n) is 10.2. The number of aryl methyl sites for hydroxylation is 1. The third-order valence-electron chi connectivity index (χ3n) is 5.65. The Hall–Kier alpha value is -3.15. The molecule has 0 radical (unpaired) electrons. The number of fused-ring (bicyclic) bond motifs is 1. The van der Waals surface area contributed by atoms with Crippen molar-refractivity contribution in [2.45, 2.75) is 46.2 Å². The van der Waals surface area contributed by atoms with Crippen LogP contribution in [-0.4, -0.2) is 27.8 Å². The molecule has 3 aromatic rings. The van der Waals surface area contributed by atoms with Crippen molar-refractivity contribution in [1.82, 2.24) is 14.8 Å². The maximum Gasteiger partial charge on any atom is 0.235 e. The Bertz CT molecular complexity index is 1030. The monoisotopic (exact) mass is 404 g/mol. The van der Waals surface area contributed by atoms with Gasteiger partial charge in [0.25, 0.3) is 0 Å². The predicted molar refractivity (Wildman–Crippen MR) is 117 cm³/mol. The molecule has 1 aliphatic rings. The van der Waals surface area contributed by atoms with Gasteiger partial charge >= 0.3 is 0 Å². The van der Waals surface area contributed by atoms with Crippen LogP contribution in [0.3, 0.4) is 0 Å². The fourth-order valence-electron chi connectivity index (χ4n) is 3.96. The molecule has 0 spiro atoms. The Morgan fingerprint density at radius 2 is 1.60 bits per heavy atom. The van der Waals surface area contributed by atoms with E-state index in [0.29, 0.717) is 12.4 Å². The van der Waals surface area contributed by atoms with E-state index in [-0.39, 0.29) is 18.0 Å². The van der Waals surface area contributed by atoms with Crippen molar-refractivity contribution in [1.29, 1.82) is 0 Å². The number of hydrogen-bond donors (Lipinski definition) is 0. The minimum atomic E-state index is -0.535. The lowest BCUT2D eigenvalue weighted by molar-refractivity contribution is -0.126. The van der Waals surface area contributed by atoms with E-state index in [1.807, 2.05) is 42.5 Å². The van der Waals surface area contributed by atoms with Crippen molar-refractivity contribution in [3.8, 4) is 5.75 Å². The van der Waals surface area contributed by atoms with Crippen LogP contribution in [-0.2, 0) is 4.79 Å². The number of aromatic nitrogens is 3. The summed E-state index contributed by atoms with van der Waals surface area (Å²) in [6.07, 6.45) is 2.25. The number of rotatable bonds is 3. The number of nitrogens with zero attached hydrogens (tertiary/aromatic N) is 4. The first-order valence-corrected chi connectivity index (χ1v) is 10.2. The average Bonchev–Trinajstić information content (AvgIpc) is 3.22. The number of amides is 1. The van der Waals surface area contributed by atoms with Gasteiger partial charge in [0.15, 0.2) is 0 Å². The molecule has 156 valence electrons. The molecule has 1 amide bonds. The Morgan fingerprint density at radius 1 is 1.00 bits per heavy atom. The fourth-order valence-corrected chi connectivity index (χ4v) is 3.96. The molecule has 2 heterocycles. The summed E-state index contributed by atoms with van der Waals surface area (Å²) in [6, 6.07) is 16.3. The summed E-state index contributed by atoms with van der Waals surface area (Å²) in [4.78, 5) is 19.8. The Morgan fingerprint density at radius 3 is 2.20 bits per heavy atom. The van der Waals surface area contributed by atoms with Gasteiger partial charge in [0.1, 0.15) is 12.1 Å². The molecule has 6 nitrogen and oxygen atoms in total. The second kappa shape index (κ2) is 7.59. The zero-order valence-electron chi connectivity index (χ0n) is 18.2. The van der Waals surface area contributed by atoms with Gasteiger partial charge in [0.05, 0.1) is 19.2 Å². The minimum Gasteiger partial charge on any atom is -0.497 e. The molecule has 0 aliphatic carbocycles. The first-order chi connectivity index (χ1) is 14.3. The van der Waals surface area contributed by atoms with E-state index in [2.05, 4.69) is 53.4 Å². The Labute approximate surface area is 177 Å². The zero-order valence-corrected chi connectivity index (χ0v) is 18.2. The SMILES string of the molecule is COc1ccc([C@@H]2C[C@H](c3ccc(C)cc3)N(C(=O)C(C)(C)C)c3ncnn32)cc1. The molecule has 0 saturated heterocycles. The van der Waals surface area contributed by atoms with Crippen molar-refractivity contribution >= 4 is 11.9 Å². The van der Waals surface area contributed by atoms with Gasteiger partial charge in [-0.1, -0.05) is 62.7 Å². The lowest BCUT2D eigenvalue weighted by atomic mass is 9.88. The molecule has 0 unspecified atom stereocenters. The van der Waals surface area contributed by atoms with E-state index < -0.39 is 5.41 Å². The van der Waals surface area contributed by atoms with Gasteiger partial charge in [0, 0.05) is 5.41 Å². The van der Waals surface area contributed by atoms with Crippen LogP contribution in [0.4, 0.5) is 5.95 Å². The second-order valence-corrected chi connectivity index (χ2v) is 8.88. The molecule has 0 bridgehead atoms. The maximum absolute atomic E-state index is 13.5. The lowest BCUT2D eigenvalue weighted by Crippen LogP contribution is -2.47. The van der Waals surface area contributed by atoms with Gasteiger partial charge in [-0.25, -0.2) is 4.68 Å². The predicted octanol–water partition coefficient (Wildman–Crippen LogP) is 4.71. The molecule has 2 atom stereocenters. The smallest absolute Gasteiger partial charge is 0.235 e. The third-order valence-corrected chi connectivity index (χ3v) is 5.65. The van der Waals surface area contributed by atoms with Crippen LogP contribution in [0.5, 0.6) is 5.75 Å². The third kappa shape index (κ3) is 3.58. The van der Waals surface area contributed by atoms with Crippen molar-refractivity contribution in [2.24, 2.45) is 5.41 Å². The number of ether oxygens (including phenoxy) is 1. The topological polar surface area (TPSA) is 60.2 Å². The number of anilines is 1. The van der Waals surface area contributed by atoms with Gasteiger partial charge in [-0.05, 0) is 36.6 Å². The molecule has 6 heteroatoms. The van der Waals surface area contributed by atoms with Crippen molar-refractivity contribution in [2.75, 3.05) is 12.0 Å². The molecule has 1 aliphatic heterocycles. The summed E-state index contributed by atoms with van der Waals surface area (Å²) >= 11 is 0. The normalized spacial score (nSPS) is 18.8. The summed E-state index contributed by atoms with van der Waals surface area (Å²) in [5.74, 6) is 1.44. The van der Waals surface area contributed by atoms with E-state index in [4.69, 9.17) is 4.74 Å². The van der Waals surface area contributed by atoms with E-state index in [1.165, 1.54) is 11.9 Å². The summed E-state index contributed by atoms with van der Waals surface area (Å²) < 4.78 is 7.18. The van der Waals surface area contributed by atoms with E-state index >= 15 is 0 Å². The number of hydrogen-bond acceptors (Lipinski definition) is 4. The highest BCUT2D eigenvalue weighted by atomic mass is 16.5. The summed E-state index contributed by atoms with van der Waals surface area (Å²) in [6.45, 7) is 7.90. The van der Waals surface area contributed by atoms with Crippen LogP contribution in [0.25, 0.3) is 0 Å². The molecule has 30 heavy (non-hydrogen) atoms. The maximum atomic E-state index is 13.5. The molecular weight excluding hydrogens is 376 g/mol. The largest absolute Gasteiger partial charge is 0.497 e. The molecule has 0 fully saturated rings. The quantitative estimate of drug-likeness (QED) is 0.634. The van der Waals surface area contributed by atoms with Crippen LogP contribution in [0.1, 0.15) is 56.0 Å². The van der Waals surface area contributed by atoms with Crippen LogP contribution >= 0.6 is 0 Å². The van der Waals surface area contributed by atoms with Crippen molar-refractivity contribution in [3.05, 3.63) is 71.5 Å². The Kier molecular flexibility index (Phi) is 5.10. The van der Waals surface area contributed by atoms with Crippen molar-refractivity contribution in [3.63, 3.8) is 0 Å². The van der Waals surface area contributed by atoms with Crippen LogP contribution < -0.4 is 9.64 Å². The molecular formula is C24H28N4O2. The summed E-state index contributed by atoms with van der Waals surface area (Å²) in [5.41, 5.74) is 2.87. The number of carbonyl (C=O) groups excluding carboxylic acids is 1. The fraction of sp³-hybridized carbons (Fsp3) is 0.375. The van der Waals surface area contributed by atoms with Crippen LogP contribution in [0, 0.1) is 12.3 Å². The molecule has 0 saturated carbocycles. The van der Waals surface area contributed by atoms with E-state index in [0.717, 1.165) is 16.9 Å². The average molecular weight is 405 g/mol. The molecule has 4 rings (SSSR count). The molecule has 0 N–H and O–H groups in total. The van der Waals surface area contributed by atoms with Crippen LogP contribution in [0.15, 0.2) is 54.9 Å². The zero-order chi connectivity index (χ0) is 21.5. The second-order valence-electron chi connectivity index (χ2n) is 8.88. The number of carbonyl (C=O) groups is 1. The minimum absolute atomic E-state index is 0.0243. The van der Waals surface area contributed by atoms with E-state index in [1.54, 1.807) is 7.11 Å². The molecule has 2 aromatic carbocycles. The van der Waals surface area contributed by atoms with Gasteiger partial charge < -0.3 is 4.74 Å². The van der Waals surface area contributed by atoms with Gasteiger partial charge in [-0.15, -0.1) is 0 Å². The molecule has 1 aromatic heterocycles. The highest BCUT2D eigenvalue weighted by molar-refractivity contribution is 5.96. The van der Waals surface area contributed by atoms with Gasteiger partial charge in [-0.2, -0.15) is 10.1 Å². The Balaban J connectivity index is 1.83. The highest BCUT2D eigenvalue weighted by Gasteiger charge is 2.42. The standard InChI is InChI=1S/C24H28N4O2/c1-16-6-8-17(9-7-16)20-14-21(18-10-12-19(30-5)13-11-18)28-23(25-15-26-28)27(20)22(29)24(2,3)4/h6-13,15,20-21H,14H2,1-5H3/t20-,21+/m1/s1. The first kappa shape index (κ1) is 20.1. The summed E-state index contributed by atoms with van der Waals surface area (Å²) in [5, 5.41) is 4.49. The van der Waals surface area contributed by atoms with Gasteiger partial charge in [-0.3, -0.25) is 9.69 Å². The lowest BCUT2D eigenvalue weighted by Gasteiger charge is -2.41. The van der Waals surface area contributed by atoms with Gasteiger partial charge in [0.2, 0.25) is 11.9 Å². The summed E-state index contributed by atoms with van der Waals surface area (Å²) in [7, 11) is 1.66. The number of methoxy groups -OCH3 is 1. The highest BCUT2D eigenvalue weighted by Crippen LogP contribution is 2.43. The number of benzene rings is 2. The van der Waals surface area contributed by atoms with Crippen LogP contribution in [0.2, 0.25) is 0 Å². The van der Waals surface area contributed by atoms with E-state index in [9.17, 15) is 4.79 Å². The van der Waals surface area contributed by atoms with Crippen molar-refractivity contribution < 1.29 is 9.53 Å².